The Morgan fingerprint density at radius 1 is 0.857 bits per heavy atom. The molecule has 1 amide bonds. The summed E-state index contributed by atoms with van der Waals surface area (Å²) in [6, 6.07) is 11.6. The molecule has 4 atom stereocenters. The van der Waals surface area contributed by atoms with E-state index in [9.17, 15) is 4.79 Å². The third-order valence-electron chi connectivity index (χ3n) is 13.6. The van der Waals surface area contributed by atoms with Gasteiger partial charge in [-0.25, -0.2) is 23.5 Å². The topological polar surface area (TPSA) is 109 Å². The third-order valence-corrected chi connectivity index (χ3v) is 13.6. The standard InChI is InChI=1S/C49H52F8N8O5/c1-46(2,3)70-45(66)65-28-13-18-34(65)40-41(49(55,56)57)69-43-35-39(59-44(60-42(35)64(40)23-28)63-24-47(4,25-63)61(5)6)37(51)38(58-43)32-19-29(20-33(50)36(32)48(52,53)54)62(21-26-9-14-30(67-7)15-10-26)22-27-11-16-31(68-8)17-12-27/h9-12,14-17,19-20,28,34,40-41H,13,18,21-25H2,1-8H3/t28-,34+,40+,41+/m1/s1. The van der Waals surface area contributed by atoms with Crippen molar-refractivity contribution in [2.45, 2.75) is 101 Å². The summed E-state index contributed by atoms with van der Waals surface area (Å²) < 4.78 is 150. The van der Waals surface area contributed by atoms with Crippen molar-refractivity contribution in [2.24, 2.45) is 0 Å². The number of methoxy groups -OCH3 is 2. The second-order valence-electron chi connectivity index (χ2n) is 19.7. The highest BCUT2D eigenvalue weighted by Crippen LogP contribution is 2.51. The Morgan fingerprint density at radius 2 is 1.46 bits per heavy atom. The molecule has 3 saturated heterocycles. The molecule has 13 nitrogen and oxygen atoms in total. The fraction of sp³-hybridized carbons (Fsp3) is 0.469. The highest BCUT2D eigenvalue weighted by Gasteiger charge is 2.61. The predicted molar refractivity (Wildman–Crippen MR) is 244 cm³/mol. The van der Waals surface area contributed by atoms with E-state index in [1.807, 2.05) is 25.9 Å². The molecule has 374 valence electrons. The molecule has 0 spiro atoms. The van der Waals surface area contributed by atoms with Gasteiger partial charge in [-0.15, -0.1) is 0 Å². The average molecular weight is 985 g/mol. The number of likely N-dealkylation sites (N-methyl/N-ethyl adjacent to an activating group) is 1. The molecule has 9 rings (SSSR count). The van der Waals surface area contributed by atoms with Gasteiger partial charge in [0.2, 0.25) is 17.9 Å². The van der Waals surface area contributed by atoms with E-state index in [0.29, 0.717) is 48.2 Å². The van der Waals surface area contributed by atoms with Crippen molar-refractivity contribution in [3.05, 3.63) is 89.0 Å². The Bertz CT molecular complexity index is 2750. The summed E-state index contributed by atoms with van der Waals surface area (Å²) in [7, 11) is 6.68. The van der Waals surface area contributed by atoms with Crippen molar-refractivity contribution < 1.29 is 58.9 Å². The maximum atomic E-state index is 17.9. The first-order chi connectivity index (χ1) is 32.9. The minimum atomic E-state index is -5.47. The summed E-state index contributed by atoms with van der Waals surface area (Å²) >= 11 is 0. The molecule has 21 heteroatoms. The number of alkyl halides is 6. The Balaban J connectivity index is 1.26. The summed E-state index contributed by atoms with van der Waals surface area (Å²) in [6.07, 6.45) is -13.9. The van der Waals surface area contributed by atoms with Gasteiger partial charge in [-0.3, -0.25) is 4.90 Å². The number of carbonyl (C=O) groups excluding carboxylic acids is 1. The lowest BCUT2D eigenvalue weighted by molar-refractivity contribution is -0.206. The highest BCUT2D eigenvalue weighted by molar-refractivity contribution is 5.98. The lowest BCUT2D eigenvalue weighted by atomic mass is 9.91. The van der Waals surface area contributed by atoms with Gasteiger partial charge in [0, 0.05) is 44.0 Å². The minimum absolute atomic E-state index is 0.00311. The predicted octanol–water partition coefficient (Wildman–Crippen LogP) is 9.63. The highest BCUT2D eigenvalue weighted by atomic mass is 19.4. The van der Waals surface area contributed by atoms with Crippen molar-refractivity contribution in [2.75, 3.05) is 62.6 Å². The molecule has 0 unspecified atom stereocenters. The number of amides is 1. The largest absolute Gasteiger partial charge is 0.497 e. The van der Waals surface area contributed by atoms with Crippen LogP contribution >= 0.6 is 0 Å². The number of rotatable bonds is 10. The van der Waals surface area contributed by atoms with Crippen LogP contribution < -0.4 is 28.9 Å². The van der Waals surface area contributed by atoms with Crippen LogP contribution in [0.4, 0.5) is 57.4 Å². The first-order valence-corrected chi connectivity index (χ1v) is 22.6. The van der Waals surface area contributed by atoms with Gasteiger partial charge in [-0.05, 0) is 102 Å². The number of hydrogen-bond acceptors (Lipinski definition) is 12. The molecule has 0 radical (unpaired) electrons. The maximum absolute atomic E-state index is 17.9. The first-order valence-electron chi connectivity index (χ1n) is 22.6. The van der Waals surface area contributed by atoms with E-state index < -0.39 is 99.1 Å². The quantitative estimate of drug-likeness (QED) is 0.124. The van der Waals surface area contributed by atoms with Crippen LogP contribution in [0.2, 0.25) is 0 Å². The van der Waals surface area contributed by atoms with Crippen LogP contribution in [0.5, 0.6) is 17.4 Å². The number of fused-ring (bicyclic) bond motifs is 5. The average Bonchev–Trinajstić information content (AvgIpc) is 3.52. The lowest BCUT2D eigenvalue weighted by Crippen LogP contribution is -2.68. The number of benzene rings is 3. The normalized spacial score (nSPS) is 20.7. The number of halogens is 8. The Morgan fingerprint density at radius 3 is 1.99 bits per heavy atom. The van der Waals surface area contributed by atoms with Crippen LogP contribution in [-0.4, -0.2) is 120 Å². The zero-order valence-corrected chi connectivity index (χ0v) is 39.7. The molecule has 4 aliphatic rings. The second-order valence-corrected chi connectivity index (χ2v) is 19.7. The summed E-state index contributed by atoms with van der Waals surface area (Å²) in [5.41, 5.74) is -5.14. The summed E-state index contributed by atoms with van der Waals surface area (Å²) in [6.45, 7) is 7.22. The SMILES string of the molecule is COc1ccc(CN(Cc2ccc(OC)cc2)c2cc(F)c(C(F)(F)F)c(-c3nc4c5c(nc(N6CC(C)(N(C)C)C6)nc5c3F)N3C[C@H]5CC[C@@H]([C@H]3[C@@H](C(F)(F)F)O4)N5C(=O)OC(C)(C)C)c2)cc1. The number of hydrogen-bond donors (Lipinski definition) is 0. The van der Waals surface area contributed by atoms with Crippen LogP contribution in [0.25, 0.3) is 22.2 Å². The van der Waals surface area contributed by atoms with Crippen LogP contribution in [-0.2, 0) is 24.0 Å². The first kappa shape index (κ1) is 48.6. The lowest BCUT2D eigenvalue weighted by Gasteiger charge is -2.52. The molecule has 6 heterocycles. The smallest absolute Gasteiger partial charge is 0.427 e. The fourth-order valence-corrected chi connectivity index (χ4v) is 9.94. The number of ether oxygens (including phenoxy) is 4. The molecule has 3 aromatic carbocycles. The van der Waals surface area contributed by atoms with E-state index in [1.54, 1.807) is 79.1 Å². The van der Waals surface area contributed by atoms with Crippen molar-refractivity contribution in [3.63, 3.8) is 0 Å². The van der Waals surface area contributed by atoms with Gasteiger partial charge in [0.25, 0.3) is 0 Å². The number of pyridine rings is 1. The Hall–Kier alpha value is -6.38. The zero-order valence-electron chi connectivity index (χ0n) is 39.7. The molecular weight excluding hydrogens is 933 g/mol. The van der Waals surface area contributed by atoms with Crippen LogP contribution in [0.15, 0.2) is 60.7 Å². The number of anilines is 3. The molecule has 2 aromatic heterocycles. The molecule has 0 aliphatic carbocycles. The third kappa shape index (κ3) is 8.89. The van der Waals surface area contributed by atoms with Crippen LogP contribution in [0.3, 0.4) is 0 Å². The minimum Gasteiger partial charge on any atom is -0.497 e. The summed E-state index contributed by atoms with van der Waals surface area (Å²) in [4.78, 5) is 35.1. The van der Waals surface area contributed by atoms with Crippen molar-refractivity contribution in [1.29, 1.82) is 0 Å². The number of nitrogens with zero attached hydrogens (tertiary/aromatic N) is 8. The van der Waals surface area contributed by atoms with Gasteiger partial charge in [-0.1, -0.05) is 24.3 Å². The molecule has 3 fully saturated rings. The van der Waals surface area contributed by atoms with Crippen molar-refractivity contribution in [1.82, 2.24) is 24.8 Å². The summed E-state index contributed by atoms with van der Waals surface area (Å²) in [5, 5.41) is -0.423. The van der Waals surface area contributed by atoms with Gasteiger partial charge in [0.1, 0.15) is 50.9 Å². The molecule has 4 aliphatic heterocycles. The van der Waals surface area contributed by atoms with E-state index in [1.165, 1.54) is 24.0 Å². The van der Waals surface area contributed by atoms with E-state index in [0.717, 1.165) is 6.07 Å². The van der Waals surface area contributed by atoms with Crippen molar-refractivity contribution >= 4 is 34.4 Å². The number of aromatic nitrogens is 3. The van der Waals surface area contributed by atoms with E-state index in [-0.39, 0.29) is 43.5 Å². The second kappa shape index (κ2) is 17.5. The van der Waals surface area contributed by atoms with Gasteiger partial charge in [-0.2, -0.15) is 31.3 Å². The number of carbonyl (C=O) groups is 1. The molecule has 2 bridgehead atoms. The molecule has 0 N–H and O–H groups in total. The molecule has 70 heavy (non-hydrogen) atoms. The van der Waals surface area contributed by atoms with E-state index in [2.05, 4.69) is 9.97 Å². The summed E-state index contributed by atoms with van der Waals surface area (Å²) in [5.74, 6) is -3.45. The molecular formula is C49H52F8N8O5. The van der Waals surface area contributed by atoms with Crippen LogP contribution in [0.1, 0.15) is 57.2 Å². The van der Waals surface area contributed by atoms with Gasteiger partial charge in [0.15, 0.2) is 5.82 Å². The van der Waals surface area contributed by atoms with Crippen LogP contribution in [0, 0.1) is 11.6 Å². The molecule has 5 aromatic rings. The van der Waals surface area contributed by atoms with Gasteiger partial charge in [0.05, 0.1) is 37.9 Å². The fourth-order valence-electron chi connectivity index (χ4n) is 9.94. The Kier molecular flexibility index (Phi) is 12.1. The van der Waals surface area contributed by atoms with E-state index >= 15 is 35.1 Å². The van der Waals surface area contributed by atoms with Gasteiger partial charge >= 0.3 is 18.4 Å². The zero-order chi connectivity index (χ0) is 50.4. The van der Waals surface area contributed by atoms with Gasteiger partial charge < -0.3 is 38.5 Å². The maximum Gasteiger partial charge on any atom is 0.427 e. The van der Waals surface area contributed by atoms with Crippen molar-refractivity contribution in [3.8, 4) is 28.6 Å². The monoisotopic (exact) mass is 984 g/mol. The molecule has 0 saturated carbocycles. The van der Waals surface area contributed by atoms with E-state index in [4.69, 9.17) is 23.9 Å². The number of piperazine rings is 1. The Labute approximate surface area is 398 Å².